The summed E-state index contributed by atoms with van der Waals surface area (Å²) in [7, 11) is 0. The molecule has 0 spiro atoms. The molecule has 2 N–H and O–H groups in total. The number of imide groups is 1. The number of hydrogen-bond donors (Lipinski definition) is 2. The molecule has 0 bridgehead atoms. The van der Waals surface area contributed by atoms with Crippen molar-refractivity contribution in [3.8, 4) is 5.75 Å². The first kappa shape index (κ1) is 18.7. The van der Waals surface area contributed by atoms with Crippen molar-refractivity contribution in [2.24, 2.45) is 0 Å². The predicted octanol–water partition coefficient (Wildman–Crippen LogP) is 3.63. The average Bonchev–Trinajstić information content (AvgIpc) is 2.90. The van der Waals surface area contributed by atoms with Crippen molar-refractivity contribution in [1.29, 1.82) is 0 Å². The van der Waals surface area contributed by atoms with Crippen molar-refractivity contribution in [2.75, 3.05) is 11.9 Å². The Morgan fingerprint density at radius 2 is 1.93 bits per heavy atom. The monoisotopic (exact) mass is 382 g/mol. The molecular weight excluding hydrogens is 364 g/mol. The third-order valence-corrected chi connectivity index (χ3v) is 4.90. The van der Waals surface area contributed by atoms with E-state index >= 15 is 0 Å². The van der Waals surface area contributed by atoms with Gasteiger partial charge in [0.15, 0.2) is 0 Å². The summed E-state index contributed by atoms with van der Waals surface area (Å²) in [6, 6.07) is 13.7. The number of phenols is 1. The standard InChI is InChI=1S/C20H18N2O4S/c1-2-13-6-8-15(9-7-13)21-18(24)12-22-19(25)17(27-20(22)26)11-14-4-3-5-16(23)10-14/h3-11,23H,2,12H2,1H3,(H,21,24)/b17-11+. The van der Waals surface area contributed by atoms with E-state index in [1.54, 1.807) is 24.3 Å². The van der Waals surface area contributed by atoms with Gasteiger partial charge in [0, 0.05) is 5.69 Å². The van der Waals surface area contributed by atoms with Crippen LogP contribution >= 0.6 is 11.8 Å². The second-order valence-corrected chi connectivity index (χ2v) is 6.95. The lowest BCUT2D eigenvalue weighted by Crippen LogP contribution is -2.36. The summed E-state index contributed by atoms with van der Waals surface area (Å²) >= 11 is 0.773. The SMILES string of the molecule is CCc1ccc(NC(=O)CN2C(=O)S/C(=C/c3cccc(O)c3)C2=O)cc1. The molecule has 27 heavy (non-hydrogen) atoms. The maximum atomic E-state index is 12.5. The van der Waals surface area contributed by atoms with Crippen molar-refractivity contribution < 1.29 is 19.5 Å². The molecule has 0 atom stereocenters. The highest BCUT2D eigenvalue weighted by Gasteiger charge is 2.36. The number of thioether (sulfide) groups is 1. The molecule has 0 saturated carbocycles. The highest BCUT2D eigenvalue weighted by Crippen LogP contribution is 2.32. The van der Waals surface area contributed by atoms with E-state index in [0.717, 1.165) is 28.6 Å². The first-order chi connectivity index (χ1) is 13.0. The van der Waals surface area contributed by atoms with Gasteiger partial charge < -0.3 is 10.4 Å². The van der Waals surface area contributed by atoms with Crippen molar-refractivity contribution in [3.63, 3.8) is 0 Å². The van der Waals surface area contributed by atoms with Crippen molar-refractivity contribution in [1.82, 2.24) is 4.90 Å². The van der Waals surface area contributed by atoms with E-state index in [4.69, 9.17) is 0 Å². The summed E-state index contributed by atoms with van der Waals surface area (Å²) in [5.74, 6) is -0.901. The summed E-state index contributed by atoms with van der Waals surface area (Å²) in [5.41, 5.74) is 2.36. The number of phenolic OH excluding ortho intramolecular Hbond substituents is 1. The number of aryl methyl sites for hydroxylation is 1. The molecule has 0 aromatic heterocycles. The Bertz CT molecular complexity index is 922. The van der Waals surface area contributed by atoms with Crippen molar-refractivity contribution in [2.45, 2.75) is 13.3 Å². The Hall–Kier alpha value is -3.06. The maximum absolute atomic E-state index is 12.5. The summed E-state index contributed by atoms with van der Waals surface area (Å²) in [6.45, 7) is 1.69. The summed E-state index contributed by atoms with van der Waals surface area (Å²) in [4.78, 5) is 37.9. The van der Waals surface area contributed by atoms with Crippen LogP contribution < -0.4 is 5.32 Å². The number of benzene rings is 2. The van der Waals surface area contributed by atoms with Gasteiger partial charge in [0.2, 0.25) is 5.91 Å². The van der Waals surface area contributed by atoms with E-state index in [1.165, 1.54) is 18.2 Å². The van der Waals surface area contributed by atoms with Gasteiger partial charge in [0.1, 0.15) is 12.3 Å². The van der Waals surface area contributed by atoms with Gasteiger partial charge in [0.25, 0.3) is 11.1 Å². The second kappa shape index (κ2) is 8.09. The third-order valence-electron chi connectivity index (χ3n) is 3.99. The molecule has 1 saturated heterocycles. The van der Waals surface area contributed by atoms with Gasteiger partial charge in [-0.25, -0.2) is 0 Å². The third kappa shape index (κ3) is 4.57. The minimum Gasteiger partial charge on any atom is -0.508 e. The smallest absolute Gasteiger partial charge is 0.294 e. The van der Waals surface area contributed by atoms with Crippen LogP contribution in [0.1, 0.15) is 18.1 Å². The highest BCUT2D eigenvalue weighted by molar-refractivity contribution is 8.18. The molecule has 1 aliphatic rings. The predicted molar refractivity (Wildman–Crippen MR) is 105 cm³/mol. The summed E-state index contributed by atoms with van der Waals surface area (Å²) < 4.78 is 0. The molecule has 1 fully saturated rings. The Morgan fingerprint density at radius 3 is 2.59 bits per heavy atom. The largest absolute Gasteiger partial charge is 0.508 e. The molecule has 3 rings (SSSR count). The van der Waals surface area contributed by atoms with Gasteiger partial charge >= 0.3 is 0 Å². The van der Waals surface area contributed by atoms with E-state index < -0.39 is 17.1 Å². The molecule has 138 valence electrons. The molecule has 3 amide bonds. The van der Waals surface area contributed by atoms with E-state index in [1.807, 2.05) is 19.1 Å². The van der Waals surface area contributed by atoms with Gasteiger partial charge in [-0.1, -0.05) is 31.2 Å². The lowest BCUT2D eigenvalue weighted by Gasteiger charge is -2.12. The molecule has 2 aromatic carbocycles. The Labute approximate surface area is 160 Å². The zero-order chi connectivity index (χ0) is 19.4. The van der Waals surface area contributed by atoms with Gasteiger partial charge in [-0.15, -0.1) is 0 Å². The number of anilines is 1. The number of amides is 3. The van der Waals surface area contributed by atoms with Crippen LogP contribution in [0.4, 0.5) is 10.5 Å². The molecule has 0 unspecified atom stereocenters. The number of carbonyl (C=O) groups excluding carboxylic acids is 3. The van der Waals surface area contributed by atoms with E-state index in [2.05, 4.69) is 5.32 Å². The zero-order valence-corrected chi connectivity index (χ0v) is 15.5. The average molecular weight is 382 g/mol. The number of carbonyl (C=O) groups is 3. The second-order valence-electron chi connectivity index (χ2n) is 5.96. The topological polar surface area (TPSA) is 86.7 Å². The number of rotatable bonds is 5. The van der Waals surface area contributed by atoms with Crippen molar-refractivity contribution >= 4 is 40.6 Å². The van der Waals surface area contributed by atoms with Gasteiger partial charge in [-0.2, -0.15) is 0 Å². The minimum absolute atomic E-state index is 0.0662. The van der Waals surface area contributed by atoms with Crippen LogP contribution in [0.2, 0.25) is 0 Å². The lowest BCUT2D eigenvalue weighted by atomic mass is 10.1. The quantitative estimate of drug-likeness (QED) is 0.771. The van der Waals surface area contributed by atoms with Crippen LogP contribution in [-0.4, -0.2) is 33.6 Å². The van der Waals surface area contributed by atoms with Gasteiger partial charge in [0.05, 0.1) is 4.91 Å². The fraction of sp³-hybridized carbons (Fsp3) is 0.150. The van der Waals surface area contributed by atoms with E-state index in [9.17, 15) is 19.5 Å². The maximum Gasteiger partial charge on any atom is 0.294 e. The summed E-state index contributed by atoms with van der Waals surface area (Å²) in [5, 5.41) is 11.7. The van der Waals surface area contributed by atoms with Crippen molar-refractivity contribution in [3.05, 3.63) is 64.6 Å². The lowest BCUT2D eigenvalue weighted by molar-refractivity contribution is -0.127. The number of aromatic hydroxyl groups is 1. The summed E-state index contributed by atoms with van der Waals surface area (Å²) in [6.07, 6.45) is 2.42. The molecule has 6 nitrogen and oxygen atoms in total. The molecule has 0 aliphatic carbocycles. The fourth-order valence-electron chi connectivity index (χ4n) is 2.57. The van der Waals surface area contributed by atoms with Gasteiger partial charge in [-0.05, 0) is 59.7 Å². The van der Waals surface area contributed by atoms with Crippen LogP contribution in [0.25, 0.3) is 6.08 Å². The molecule has 2 aromatic rings. The minimum atomic E-state index is -0.523. The first-order valence-electron chi connectivity index (χ1n) is 8.39. The molecule has 1 heterocycles. The zero-order valence-electron chi connectivity index (χ0n) is 14.6. The Morgan fingerprint density at radius 1 is 1.19 bits per heavy atom. The molecular formula is C20H18N2O4S. The molecule has 7 heteroatoms. The van der Waals surface area contributed by atoms with E-state index in [0.29, 0.717) is 11.3 Å². The van der Waals surface area contributed by atoms with Crippen LogP contribution in [-0.2, 0) is 16.0 Å². The molecule has 0 radical (unpaired) electrons. The van der Waals surface area contributed by atoms with Crippen LogP contribution in [0.3, 0.4) is 0 Å². The fourth-order valence-corrected chi connectivity index (χ4v) is 3.41. The Kier molecular flexibility index (Phi) is 5.61. The first-order valence-corrected chi connectivity index (χ1v) is 9.21. The highest BCUT2D eigenvalue weighted by atomic mass is 32.2. The number of nitrogens with zero attached hydrogens (tertiary/aromatic N) is 1. The molecule has 1 aliphatic heterocycles. The number of nitrogens with one attached hydrogen (secondary N) is 1. The van der Waals surface area contributed by atoms with Gasteiger partial charge in [-0.3, -0.25) is 19.3 Å². The van der Waals surface area contributed by atoms with Crippen LogP contribution in [0, 0.1) is 0 Å². The Balaban J connectivity index is 1.67. The number of hydrogen-bond acceptors (Lipinski definition) is 5. The van der Waals surface area contributed by atoms with Crippen LogP contribution in [0.15, 0.2) is 53.4 Å². The van der Waals surface area contributed by atoms with E-state index in [-0.39, 0.29) is 17.2 Å². The normalized spacial score (nSPS) is 15.4. The van der Waals surface area contributed by atoms with Crippen LogP contribution in [0.5, 0.6) is 5.75 Å².